The molecule has 2 aromatic rings. The summed E-state index contributed by atoms with van der Waals surface area (Å²) in [6.45, 7) is 2.95. The lowest BCUT2D eigenvalue weighted by Gasteiger charge is -2.21. The number of anilines is 1. The third kappa shape index (κ3) is 4.51. The number of hydrogen-bond acceptors (Lipinski definition) is 5. The van der Waals surface area contributed by atoms with E-state index in [0.717, 1.165) is 18.5 Å². The first kappa shape index (κ1) is 19.9. The van der Waals surface area contributed by atoms with Crippen molar-refractivity contribution in [3.05, 3.63) is 48.7 Å². The van der Waals surface area contributed by atoms with Crippen molar-refractivity contribution >= 4 is 33.4 Å². The van der Waals surface area contributed by atoms with Gasteiger partial charge in [-0.25, -0.2) is 13.4 Å². The number of sulfonamides is 1. The maximum atomic E-state index is 12.6. The van der Waals surface area contributed by atoms with Crippen LogP contribution in [0.4, 0.5) is 5.69 Å². The van der Waals surface area contributed by atoms with Gasteiger partial charge in [0, 0.05) is 32.0 Å². The normalized spacial score (nSPS) is 16.2. The third-order valence-corrected chi connectivity index (χ3v) is 7.45. The van der Waals surface area contributed by atoms with E-state index in [1.807, 2.05) is 37.3 Å². The number of thioether (sulfide) groups is 1. The Morgan fingerprint density at radius 2 is 1.81 bits per heavy atom. The van der Waals surface area contributed by atoms with E-state index in [4.69, 9.17) is 0 Å². The monoisotopic (exact) mass is 405 g/mol. The van der Waals surface area contributed by atoms with Gasteiger partial charge in [0.15, 0.2) is 0 Å². The van der Waals surface area contributed by atoms with Crippen LogP contribution in [0.15, 0.2) is 58.6 Å². The summed E-state index contributed by atoms with van der Waals surface area (Å²) >= 11 is 1.32. The van der Waals surface area contributed by atoms with E-state index in [0.29, 0.717) is 18.1 Å². The van der Waals surface area contributed by atoms with E-state index < -0.39 is 10.0 Å². The first-order chi connectivity index (χ1) is 12.9. The molecular formula is C19H23N3O3S2. The number of carbonyl (C=O) groups is 1. The Bertz CT molecular complexity index is 880. The van der Waals surface area contributed by atoms with E-state index in [1.54, 1.807) is 24.1 Å². The number of rotatable bonds is 6. The van der Waals surface area contributed by atoms with E-state index >= 15 is 0 Å². The van der Waals surface area contributed by atoms with Crippen molar-refractivity contribution in [1.82, 2.24) is 9.29 Å². The molecule has 1 saturated heterocycles. The highest BCUT2D eigenvalue weighted by Gasteiger charge is 2.27. The van der Waals surface area contributed by atoms with Crippen LogP contribution in [0, 0.1) is 0 Å². The molecule has 0 radical (unpaired) electrons. The predicted molar refractivity (Wildman–Crippen MR) is 107 cm³/mol. The van der Waals surface area contributed by atoms with Crippen LogP contribution >= 0.6 is 11.8 Å². The first-order valence-electron chi connectivity index (χ1n) is 8.85. The van der Waals surface area contributed by atoms with E-state index in [2.05, 4.69) is 4.98 Å². The van der Waals surface area contributed by atoms with Gasteiger partial charge in [0.2, 0.25) is 15.9 Å². The zero-order valence-corrected chi connectivity index (χ0v) is 17.0. The number of nitrogens with zero attached hydrogens (tertiary/aromatic N) is 3. The fourth-order valence-corrected chi connectivity index (χ4v) is 5.29. The van der Waals surface area contributed by atoms with E-state index in [1.165, 1.54) is 22.3 Å². The van der Waals surface area contributed by atoms with E-state index in [-0.39, 0.29) is 16.1 Å². The van der Waals surface area contributed by atoms with Gasteiger partial charge < -0.3 is 4.90 Å². The molecule has 6 nitrogen and oxygen atoms in total. The topological polar surface area (TPSA) is 70.6 Å². The van der Waals surface area contributed by atoms with Gasteiger partial charge in [-0.05, 0) is 44.0 Å². The van der Waals surface area contributed by atoms with Crippen LogP contribution in [0.1, 0.15) is 19.8 Å². The van der Waals surface area contributed by atoms with Crippen molar-refractivity contribution in [2.24, 2.45) is 0 Å². The molecule has 2 heterocycles. The van der Waals surface area contributed by atoms with Gasteiger partial charge in [0.05, 0.1) is 10.3 Å². The molecule has 0 bridgehead atoms. The molecule has 0 spiro atoms. The van der Waals surface area contributed by atoms with Crippen LogP contribution < -0.4 is 4.90 Å². The van der Waals surface area contributed by atoms with Crippen LogP contribution in [0.5, 0.6) is 0 Å². The number of benzene rings is 1. The summed E-state index contributed by atoms with van der Waals surface area (Å²) in [5.41, 5.74) is 0.829. The minimum absolute atomic E-state index is 0.0400. The second-order valence-corrected chi connectivity index (χ2v) is 9.74. The molecule has 1 fully saturated rings. The average Bonchev–Trinajstić information content (AvgIpc) is 3.23. The maximum absolute atomic E-state index is 12.6. The first-order valence-corrected chi connectivity index (χ1v) is 11.2. The minimum Gasteiger partial charge on any atom is -0.315 e. The van der Waals surface area contributed by atoms with Gasteiger partial charge in [-0.3, -0.25) is 4.79 Å². The lowest BCUT2D eigenvalue weighted by Crippen LogP contribution is -2.33. The largest absolute Gasteiger partial charge is 0.315 e. The molecule has 1 aromatic carbocycles. The fraction of sp³-hybridized carbons (Fsp3) is 0.368. The van der Waals surface area contributed by atoms with Crippen molar-refractivity contribution in [2.45, 2.75) is 34.9 Å². The van der Waals surface area contributed by atoms with Crippen LogP contribution in [0.2, 0.25) is 0 Å². The highest BCUT2D eigenvalue weighted by Crippen LogP contribution is 2.26. The molecule has 0 unspecified atom stereocenters. The highest BCUT2D eigenvalue weighted by molar-refractivity contribution is 8.00. The molecule has 1 aliphatic rings. The summed E-state index contributed by atoms with van der Waals surface area (Å²) in [4.78, 5) is 18.7. The fourth-order valence-electron chi connectivity index (χ4n) is 2.95. The molecule has 0 aliphatic carbocycles. The highest BCUT2D eigenvalue weighted by atomic mass is 32.2. The Morgan fingerprint density at radius 1 is 1.15 bits per heavy atom. The number of para-hydroxylation sites is 1. The van der Waals surface area contributed by atoms with Crippen LogP contribution in [0.25, 0.3) is 0 Å². The van der Waals surface area contributed by atoms with Crippen LogP contribution in [-0.2, 0) is 14.8 Å². The second-order valence-electron chi connectivity index (χ2n) is 6.44. The smallest absolute Gasteiger partial charge is 0.244 e. The molecule has 0 saturated carbocycles. The molecule has 27 heavy (non-hydrogen) atoms. The number of aromatic nitrogens is 1. The standard InChI is InChI=1S/C19H23N3O3S2/c1-15(19(23)21(2)16-8-4-3-5-9-16)26-18-11-10-17(14-20-18)27(24,25)22-12-6-7-13-22/h3-5,8-11,14-15H,6-7,12-13H2,1-2H3/t15-/m0/s1. The van der Waals surface area contributed by atoms with Crippen molar-refractivity contribution in [3.63, 3.8) is 0 Å². The number of carbonyl (C=O) groups excluding carboxylic acids is 1. The zero-order chi connectivity index (χ0) is 19.4. The maximum Gasteiger partial charge on any atom is 0.244 e. The van der Waals surface area contributed by atoms with Crippen molar-refractivity contribution in [2.75, 3.05) is 25.0 Å². The van der Waals surface area contributed by atoms with Gasteiger partial charge in [-0.15, -0.1) is 0 Å². The molecule has 144 valence electrons. The third-order valence-electron chi connectivity index (χ3n) is 4.53. The molecule has 3 rings (SSSR count). The minimum atomic E-state index is -3.46. The quantitative estimate of drug-likeness (QED) is 0.691. The van der Waals surface area contributed by atoms with Gasteiger partial charge >= 0.3 is 0 Å². The Hall–Kier alpha value is -1.90. The lowest BCUT2D eigenvalue weighted by molar-refractivity contribution is -0.117. The van der Waals surface area contributed by atoms with Crippen molar-refractivity contribution < 1.29 is 13.2 Å². The number of hydrogen-bond donors (Lipinski definition) is 0. The second kappa shape index (κ2) is 8.41. The van der Waals surface area contributed by atoms with Crippen molar-refractivity contribution in [3.8, 4) is 0 Å². The summed E-state index contributed by atoms with van der Waals surface area (Å²) in [5, 5.41) is 0.279. The van der Waals surface area contributed by atoms with Gasteiger partial charge in [-0.2, -0.15) is 4.31 Å². The Kier molecular flexibility index (Phi) is 6.18. The number of pyridine rings is 1. The average molecular weight is 406 g/mol. The Labute approximate surface area is 164 Å². The SMILES string of the molecule is C[C@H](Sc1ccc(S(=O)(=O)N2CCCC2)cn1)C(=O)N(C)c1ccccc1. The summed E-state index contributed by atoms with van der Waals surface area (Å²) in [7, 11) is -1.72. The predicted octanol–water partition coefficient (Wildman–Crippen LogP) is 3.01. The molecule has 8 heteroatoms. The Morgan fingerprint density at radius 3 is 2.41 bits per heavy atom. The molecular weight excluding hydrogens is 382 g/mol. The Balaban J connectivity index is 1.66. The van der Waals surface area contributed by atoms with Crippen molar-refractivity contribution in [1.29, 1.82) is 0 Å². The molecule has 1 aromatic heterocycles. The van der Waals surface area contributed by atoms with Gasteiger partial charge in [0.25, 0.3) is 0 Å². The summed E-state index contributed by atoms with van der Waals surface area (Å²) < 4.78 is 26.6. The van der Waals surface area contributed by atoms with Gasteiger partial charge in [0.1, 0.15) is 4.90 Å². The molecule has 1 amide bonds. The molecule has 0 N–H and O–H groups in total. The van der Waals surface area contributed by atoms with Crippen LogP contribution in [-0.4, -0.2) is 49.0 Å². The molecule has 1 atom stereocenters. The van der Waals surface area contributed by atoms with Gasteiger partial charge in [-0.1, -0.05) is 30.0 Å². The van der Waals surface area contributed by atoms with Crippen LogP contribution in [0.3, 0.4) is 0 Å². The molecule has 1 aliphatic heterocycles. The summed E-state index contributed by atoms with van der Waals surface area (Å²) in [5.74, 6) is -0.0400. The van der Waals surface area contributed by atoms with E-state index in [9.17, 15) is 13.2 Å². The summed E-state index contributed by atoms with van der Waals surface area (Å²) in [6, 6.07) is 12.7. The number of amides is 1. The summed E-state index contributed by atoms with van der Waals surface area (Å²) in [6.07, 6.45) is 3.18. The lowest BCUT2D eigenvalue weighted by atomic mass is 10.3. The zero-order valence-electron chi connectivity index (χ0n) is 15.4.